The van der Waals surface area contributed by atoms with Gasteiger partial charge in [-0.25, -0.2) is 8.42 Å². The van der Waals surface area contributed by atoms with E-state index in [4.69, 9.17) is 0 Å². The van der Waals surface area contributed by atoms with Crippen LogP contribution in [-0.2, 0) is 19.3 Å². The van der Waals surface area contributed by atoms with E-state index in [9.17, 15) is 13.0 Å². The molecule has 1 aliphatic rings. The van der Waals surface area contributed by atoms with Gasteiger partial charge in [0, 0.05) is 0 Å². The normalized spacial score (nSPS) is 13.0. The van der Waals surface area contributed by atoms with Crippen molar-refractivity contribution in [3.05, 3.63) is 0 Å². The van der Waals surface area contributed by atoms with Crippen LogP contribution in [0.25, 0.3) is 0 Å². The topological polar surface area (TPSA) is 79.0 Å². The van der Waals surface area contributed by atoms with Crippen LogP contribution in [0.1, 0.15) is 71.1 Å². The molecule has 0 radical (unpaired) electrons. The van der Waals surface area contributed by atoms with E-state index in [1.807, 2.05) is 0 Å². The fraction of sp³-hybridized carbons (Fsp3) is 1.00. The van der Waals surface area contributed by atoms with Crippen molar-refractivity contribution in [2.45, 2.75) is 71.1 Å². The SMILES string of the molecule is C1CO1.CCCCCCCCCCCCOS(=O)(=O)[O-].[Na+]. The van der Waals surface area contributed by atoms with Crippen LogP contribution >= 0.6 is 0 Å². The summed E-state index contributed by atoms with van der Waals surface area (Å²) in [5.74, 6) is 0. The van der Waals surface area contributed by atoms with Gasteiger partial charge >= 0.3 is 29.6 Å². The maximum Gasteiger partial charge on any atom is 1.00 e. The zero-order chi connectivity index (χ0) is 15.1. The summed E-state index contributed by atoms with van der Waals surface area (Å²) >= 11 is 0. The van der Waals surface area contributed by atoms with E-state index >= 15 is 0 Å². The maximum atomic E-state index is 10.1. The molecule has 1 fully saturated rings. The third-order valence-corrected chi connectivity index (χ3v) is 3.39. The molecule has 0 N–H and O–H groups in total. The van der Waals surface area contributed by atoms with E-state index in [1.165, 1.54) is 44.9 Å². The molecule has 1 saturated heterocycles. The Morgan fingerprint density at radius 2 is 1.29 bits per heavy atom. The van der Waals surface area contributed by atoms with E-state index in [0.717, 1.165) is 26.1 Å². The summed E-state index contributed by atoms with van der Waals surface area (Å²) in [4.78, 5) is 0. The number of hydrogen-bond donors (Lipinski definition) is 0. The molecule has 21 heavy (non-hydrogen) atoms. The molecular weight excluding hydrogens is 303 g/mol. The molecule has 0 aromatic rings. The third kappa shape index (κ3) is 29.5. The van der Waals surface area contributed by atoms with Crippen molar-refractivity contribution in [2.75, 3.05) is 19.8 Å². The predicted molar refractivity (Wildman–Crippen MR) is 78.3 cm³/mol. The number of epoxide rings is 1. The van der Waals surface area contributed by atoms with Crippen molar-refractivity contribution < 1.29 is 51.4 Å². The van der Waals surface area contributed by atoms with Gasteiger partial charge in [-0.05, 0) is 6.42 Å². The van der Waals surface area contributed by atoms with Crippen molar-refractivity contribution >= 4 is 10.4 Å². The fourth-order valence-corrected chi connectivity index (χ4v) is 2.07. The Kier molecular flexibility index (Phi) is 19.7. The number of ether oxygens (including phenoxy) is 1. The second-order valence-corrected chi connectivity index (χ2v) is 6.08. The number of rotatable bonds is 12. The first kappa shape index (κ1) is 24.1. The monoisotopic (exact) mass is 332 g/mol. The van der Waals surface area contributed by atoms with Gasteiger partial charge in [0.15, 0.2) is 0 Å². The van der Waals surface area contributed by atoms with Crippen molar-refractivity contribution in [3.63, 3.8) is 0 Å². The summed E-state index contributed by atoms with van der Waals surface area (Å²) in [6.07, 6.45) is 11.7. The summed E-state index contributed by atoms with van der Waals surface area (Å²) in [7, 11) is -4.48. The molecule has 7 heteroatoms. The molecule has 0 aromatic carbocycles. The third-order valence-electron chi connectivity index (χ3n) is 2.93. The second-order valence-electron chi connectivity index (χ2n) is 5.02. The quantitative estimate of drug-likeness (QED) is 0.170. The number of unbranched alkanes of at least 4 members (excludes halogenated alkanes) is 9. The average molecular weight is 332 g/mol. The molecule has 0 aliphatic carbocycles. The average Bonchev–Trinajstić information content (AvgIpc) is 3.22. The standard InChI is InChI=1S/C12H26O4S.C2H4O.Na/c1-2-3-4-5-6-7-8-9-10-11-12-16-17(13,14)15;1-2-3-1;/h2-12H2,1H3,(H,13,14,15);1-2H2;/q;;+1/p-1. The first-order chi connectivity index (χ1) is 9.56. The minimum Gasteiger partial charge on any atom is -0.726 e. The van der Waals surface area contributed by atoms with Crippen molar-refractivity contribution in [1.82, 2.24) is 0 Å². The molecule has 0 bridgehead atoms. The van der Waals surface area contributed by atoms with Gasteiger partial charge in [0.1, 0.15) is 0 Å². The van der Waals surface area contributed by atoms with Gasteiger partial charge < -0.3 is 9.29 Å². The van der Waals surface area contributed by atoms with Gasteiger partial charge in [-0.15, -0.1) is 0 Å². The minimum atomic E-state index is -4.48. The van der Waals surface area contributed by atoms with Gasteiger partial charge in [-0.1, -0.05) is 64.7 Å². The van der Waals surface area contributed by atoms with Crippen LogP contribution in [0, 0.1) is 0 Å². The molecule has 122 valence electrons. The van der Waals surface area contributed by atoms with E-state index in [1.54, 1.807) is 0 Å². The van der Waals surface area contributed by atoms with Crippen molar-refractivity contribution in [3.8, 4) is 0 Å². The zero-order valence-corrected chi connectivity index (χ0v) is 16.5. The molecule has 0 amide bonds. The molecule has 0 unspecified atom stereocenters. The largest absolute Gasteiger partial charge is 1.00 e. The first-order valence-electron chi connectivity index (χ1n) is 7.74. The summed E-state index contributed by atoms with van der Waals surface area (Å²) in [5, 5.41) is 0. The number of hydrogen-bond acceptors (Lipinski definition) is 5. The summed E-state index contributed by atoms with van der Waals surface area (Å²) in [5.41, 5.74) is 0. The minimum absolute atomic E-state index is 0. The molecule has 1 heterocycles. The molecular formula is C14H29NaO5S. The van der Waals surface area contributed by atoms with E-state index in [-0.39, 0.29) is 36.2 Å². The Morgan fingerprint density at radius 1 is 0.905 bits per heavy atom. The van der Waals surface area contributed by atoms with E-state index in [0.29, 0.717) is 6.42 Å². The van der Waals surface area contributed by atoms with Crippen LogP contribution in [0.2, 0.25) is 0 Å². The molecule has 0 atom stereocenters. The summed E-state index contributed by atoms with van der Waals surface area (Å²) < 4.78 is 39.0. The van der Waals surface area contributed by atoms with Gasteiger partial charge in [-0.3, -0.25) is 4.18 Å². The van der Waals surface area contributed by atoms with Crippen LogP contribution in [0.4, 0.5) is 0 Å². The Morgan fingerprint density at radius 3 is 1.62 bits per heavy atom. The van der Waals surface area contributed by atoms with Crippen LogP contribution in [0.3, 0.4) is 0 Å². The molecule has 1 rings (SSSR count). The first-order valence-corrected chi connectivity index (χ1v) is 9.07. The maximum absolute atomic E-state index is 10.1. The van der Waals surface area contributed by atoms with E-state index < -0.39 is 10.4 Å². The predicted octanol–water partition coefficient (Wildman–Crippen LogP) is 0.405. The van der Waals surface area contributed by atoms with Gasteiger partial charge in [0.2, 0.25) is 10.4 Å². The molecule has 5 nitrogen and oxygen atoms in total. The Hall–Kier alpha value is 0.830. The van der Waals surface area contributed by atoms with Crippen LogP contribution in [0.15, 0.2) is 0 Å². The summed E-state index contributed by atoms with van der Waals surface area (Å²) in [6.45, 7) is 4.24. The second kappa shape index (κ2) is 17.2. The Labute approximate surface area is 152 Å². The van der Waals surface area contributed by atoms with Crippen molar-refractivity contribution in [2.24, 2.45) is 0 Å². The smallest absolute Gasteiger partial charge is 0.726 e. The molecule has 0 spiro atoms. The molecule has 0 aromatic heterocycles. The van der Waals surface area contributed by atoms with Crippen LogP contribution in [0.5, 0.6) is 0 Å². The molecule has 1 aliphatic heterocycles. The summed E-state index contributed by atoms with van der Waals surface area (Å²) in [6, 6.07) is 0. The van der Waals surface area contributed by atoms with Crippen LogP contribution < -0.4 is 29.6 Å². The van der Waals surface area contributed by atoms with Crippen molar-refractivity contribution in [1.29, 1.82) is 0 Å². The Bertz CT molecular complexity index is 291. The van der Waals surface area contributed by atoms with Gasteiger partial charge in [0.25, 0.3) is 0 Å². The van der Waals surface area contributed by atoms with Gasteiger partial charge in [-0.2, -0.15) is 0 Å². The van der Waals surface area contributed by atoms with Crippen LogP contribution in [-0.4, -0.2) is 32.8 Å². The fourth-order valence-electron chi connectivity index (χ4n) is 1.75. The molecule has 0 saturated carbocycles. The Balaban J connectivity index is 0. The van der Waals surface area contributed by atoms with Gasteiger partial charge in [0.05, 0.1) is 19.8 Å². The zero-order valence-electron chi connectivity index (χ0n) is 13.6. The van der Waals surface area contributed by atoms with E-state index in [2.05, 4.69) is 15.8 Å².